The van der Waals surface area contributed by atoms with Gasteiger partial charge in [-0.1, -0.05) is 39.8 Å². The van der Waals surface area contributed by atoms with Crippen LogP contribution in [0.5, 0.6) is 0 Å². The molecule has 2 heteroatoms. The molecule has 1 atom stereocenters. The maximum atomic E-state index is 3.70. The molecule has 1 rings (SSSR count). The highest BCUT2D eigenvalue weighted by molar-refractivity contribution is 8.77. The minimum absolute atomic E-state index is 0.550. The van der Waals surface area contributed by atoms with E-state index in [9.17, 15) is 0 Å². The van der Waals surface area contributed by atoms with Crippen LogP contribution in [0.1, 0.15) is 0 Å². The summed E-state index contributed by atoms with van der Waals surface area (Å²) in [5, 5.41) is 0.550. The van der Waals surface area contributed by atoms with E-state index in [0.29, 0.717) is 5.25 Å². The third-order valence-corrected chi connectivity index (χ3v) is 3.42. The van der Waals surface area contributed by atoms with Gasteiger partial charge in [0.2, 0.25) is 0 Å². The van der Waals surface area contributed by atoms with Crippen molar-refractivity contribution in [2.45, 2.75) is 5.25 Å². The minimum Gasteiger partial charge on any atom is -0.102 e. The van der Waals surface area contributed by atoms with Crippen LogP contribution in [0.2, 0.25) is 0 Å². The van der Waals surface area contributed by atoms with Crippen LogP contribution in [0.4, 0.5) is 0 Å². The normalized spacial score (nSPS) is 27.8. The third-order valence-electron chi connectivity index (χ3n) is 0.901. The summed E-state index contributed by atoms with van der Waals surface area (Å²) >= 11 is 0. The molecule has 0 nitrogen and oxygen atoms in total. The van der Waals surface area contributed by atoms with E-state index in [-0.39, 0.29) is 0 Å². The number of rotatable bonds is 1. The lowest BCUT2D eigenvalue weighted by Gasteiger charge is -2.08. The lowest BCUT2D eigenvalue weighted by Crippen LogP contribution is -1.93. The topological polar surface area (TPSA) is 0 Å². The largest absolute Gasteiger partial charge is 0.102 e. The van der Waals surface area contributed by atoms with Gasteiger partial charge in [0.1, 0.15) is 0 Å². The number of hydrogen-bond donors (Lipinski definition) is 0. The molecule has 0 N–H and O–H groups in total. The van der Waals surface area contributed by atoms with E-state index in [1.165, 1.54) is 0 Å². The summed E-state index contributed by atoms with van der Waals surface area (Å²) in [5.74, 6) is 1.15. The van der Waals surface area contributed by atoms with Gasteiger partial charge in [-0.2, -0.15) is 0 Å². The molecular weight excluding hydrogens is 136 g/mol. The second kappa shape index (κ2) is 3.25. The molecule has 0 saturated carbocycles. The average Bonchev–Trinajstić information content (AvgIpc) is 1.90. The highest BCUT2D eigenvalue weighted by atomic mass is 33.1. The predicted molar refractivity (Wildman–Crippen MR) is 43.2 cm³/mol. The molecule has 1 heterocycles. The third kappa shape index (κ3) is 1.60. The Balaban J connectivity index is 2.42. The van der Waals surface area contributed by atoms with Crippen LogP contribution >= 0.6 is 21.6 Å². The first kappa shape index (κ1) is 6.30. The smallest absolute Gasteiger partial charge is 0.0509 e. The fourth-order valence-corrected chi connectivity index (χ4v) is 2.55. The first-order valence-electron chi connectivity index (χ1n) is 2.51. The molecule has 0 aliphatic carbocycles. The average molecular weight is 144 g/mol. The van der Waals surface area contributed by atoms with Gasteiger partial charge in [0.05, 0.1) is 5.25 Å². The zero-order valence-electron chi connectivity index (χ0n) is 4.54. The molecule has 0 aromatic carbocycles. The summed E-state index contributed by atoms with van der Waals surface area (Å²) < 4.78 is 0. The molecule has 0 amide bonds. The second-order valence-electron chi connectivity index (χ2n) is 1.51. The lowest BCUT2D eigenvalue weighted by atomic mass is 10.4. The first-order valence-corrected chi connectivity index (χ1v) is 4.89. The van der Waals surface area contributed by atoms with Crippen LogP contribution in [0, 0.1) is 0 Å². The van der Waals surface area contributed by atoms with Crippen molar-refractivity contribution >= 4 is 21.6 Å². The van der Waals surface area contributed by atoms with Crippen LogP contribution in [-0.2, 0) is 0 Å². The Hall–Kier alpha value is 0.180. The Morgan fingerprint density at radius 1 is 1.75 bits per heavy atom. The van der Waals surface area contributed by atoms with Gasteiger partial charge in [-0.05, 0) is 0 Å². The lowest BCUT2D eigenvalue weighted by molar-refractivity contribution is 1.42. The van der Waals surface area contributed by atoms with Gasteiger partial charge in [0.15, 0.2) is 0 Å². The van der Waals surface area contributed by atoms with Crippen molar-refractivity contribution in [3.63, 3.8) is 0 Å². The molecule has 0 radical (unpaired) electrons. The van der Waals surface area contributed by atoms with Crippen molar-refractivity contribution in [2.75, 3.05) is 5.75 Å². The van der Waals surface area contributed by atoms with Gasteiger partial charge in [-0.15, -0.1) is 6.58 Å². The van der Waals surface area contributed by atoms with Gasteiger partial charge < -0.3 is 0 Å². The van der Waals surface area contributed by atoms with Gasteiger partial charge in [0, 0.05) is 5.75 Å². The zero-order chi connectivity index (χ0) is 5.82. The summed E-state index contributed by atoms with van der Waals surface area (Å²) in [6.45, 7) is 3.70. The van der Waals surface area contributed by atoms with Crippen molar-refractivity contribution in [2.24, 2.45) is 0 Å². The Labute approximate surface area is 57.8 Å². The van der Waals surface area contributed by atoms with Crippen LogP contribution in [0.3, 0.4) is 0 Å². The van der Waals surface area contributed by atoms with Gasteiger partial charge in [0.25, 0.3) is 0 Å². The minimum atomic E-state index is 0.550. The van der Waals surface area contributed by atoms with Gasteiger partial charge in [-0.25, -0.2) is 0 Å². The van der Waals surface area contributed by atoms with E-state index in [0.717, 1.165) is 5.75 Å². The molecule has 0 fully saturated rings. The Morgan fingerprint density at radius 2 is 2.62 bits per heavy atom. The Bertz CT molecular complexity index is 107. The molecule has 0 aromatic heterocycles. The van der Waals surface area contributed by atoms with Crippen molar-refractivity contribution in [1.82, 2.24) is 0 Å². The Morgan fingerprint density at radius 3 is 3.00 bits per heavy atom. The summed E-state index contributed by atoms with van der Waals surface area (Å²) in [7, 11) is 3.76. The molecular formula is C6H8S2. The summed E-state index contributed by atoms with van der Waals surface area (Å²) in [4.78, 5) is 0. The number of hydrogen-bond acceptors (Lipinski definition) is 2. The maximum Gasteiger partial charge on any atom is 0.0509 e. The molecule has 0 saturated heterocycles. The monoisotopic (exact) mass is 144 g/mol. The molecule has 1 aliphatic rings. The van der Waals surface area contributed by atoms with Gasteiger partial charge >= 0.3 is 0 Å². The van der Waals surface area contributed by atoms with Crippen molar-refractivity contribution in [3.05, 3.63) is 24.8 Å². The maximum absolute atomic E-state index is 3.70. The summed E-state index contributed by atoms with van der Waals surface area (Å²) in [6.07, 6.45) is 6.34. The second-order valence-corrected chi connectivity index (χ2v) is 4.10. The molecule has 0 aromatic rings. The van der Waals surface area contributed by atoms with E-state index in [1.54, 1.807) is 0 Å². The molecule has 0 unspecified atom stereocenters. The quantitative estimate of drug-likeness (QED) is 0.409. The predicted octanol–water partition coefficient (Wildman–Crippen LogP) is 2.49. The van der Waals surface area contributed by atoms with E-state index >= 15 is 0 Å². The van der Waals surface area contributed by atoms with Crippen LogP contribution in [0.25, 0.3) is 0 Å². The fraction of sp³-hybridized carbons (Fsp3) is 0.333. The fourth-order valence-electron chi connectivity index (χ4n) is 0.497. The van der Waals surface area contributed by atoms with Crippen LogP contribution < -0.4 is 0 Å². The van der Waals surface area contributed by atoms with Crippen LogP contribution in [0.15, 0.2) is 24.8 Å². The zero-order valence-corrected chi connectivity index (χ0v) is 6.17. The van der Waals surface area contributed by atoms with E-state index < -0.39 is 0 Å². The highest BCUT2D eigenvalue weighted by Crippen LogP contribution is 2.31. The first-order chi connectivity index (χ1) is 3.93. The van der Waals surface area contributed by atoms with Crippen molar-refractivity contribution < 1.29 is 0 Å². The SMILES string of the molecule is C=C[C@@H]1C=CCSS1. The highest BCUT2D eigenvalue weighted by Gasteiger charge is 2.02. The molecule has 0 bridgehead atoms. The van der Waals surface area contributed by atoms with E-state index in [2.05, 4.69) is 18.7 Å². The van der Waals surface area contributed by atoms with E-state index in [1.807, 2.05) is 27.7 Å². The summed E-state index contributed by atoms with van der Waals surface area (Å²) in [5.41, 5.74) is 0. The standard InChI is InChI=1S/C6H8S2/c1-2-6-4-3-5-7-8-6/h2-4,6H,1,5H2/t6-/m1/s1. The van der Waals surface area contributed by atoms with Crippen molar-refractivity contribution in [1.29, 1.82) is 0 Å². The molecule has 8 heavy (non-hydrogen) atoms. The van der Waals surface area contributed by atoms with Crippen LogP contribution in [-0.4, -0.2) is 11.0 Å². The molecule has 44 valence electrons. The summed E-state index contributed by atoms with van der Waals surface area (Å²) in [6, 6.07) is 0. The van der Waals surface area contributed by atoms with Gasteiger partial charge in [-0.3, -0.25) is 0 Å². The molecule has 1 aliphatic heterocycles. The van der Waals surface area contributed by atoms with Crippen molar-refractivity contribution in [3.8, 4) is 0 Å². The van der Waals surface area contributed by atoms with E-state index in [4.69, 9.17) is 0 Å². The Kier molecular flexibility index (Phi) is 2.56. The molecule has 0 spiro atoms.